The van der Waals surface area contributed by atoms with E-state index in [4.69, 9.17) is 5.73 Å². The second-order valence-electron chi connectivity index (χ2n) is 3.82. The molecule has 0 unspecified atom stereocenters. The number of nitrogens with zero attached hydrogens (tertiary/aromatic N) is 2. The molecule has 0 radical (unpaired) electrons. The number of H-pyrrole nitrogens is 1. The number of nitrogens with two attached hydrogens (primary N) is 1. The molecule has 0 atom stereocenters. The van der Waals surface area contributed by atoms with Crippen molar-refractivity contribution >= 4 is 5.91 Å². The van der Waals surface area contributed by atoms with Crippen LogP contribution in [0.4, 0.5) is 13.2 Å². The zero-order valence-corrected chi connectivity index (χ0v) is 9.94. The lowest BCUT2D eigenvalue weighted by Crippen LogP contribution is -2.19. The standard InChI is InChI=1S/C11H9F3N4O2/c12-11(13,14)5-20-7-3-1-2-6(4-7)8-9(10(15)19)17-18-16-8/h1-4H,5H2,(H2,15,19)(H,16,17,18). The first-order chi connectivity index (χ1) is 9.37. The van der Waals surface area contributed by atoms with Crippen LogP contribution in [0, 0.1) is 0 Å². The zero-order chi connectivity index (χ0) is 14.8. The fraction of sp³-hybridized carbons (Fsp3) is 0.182. The van der Waals surface area contributed by atoms with Crippen molar-refractivity contribution in [1.29, 1.82) is 0 Å². The van der Waals surface area contributed by atoms with Gasteiger partial charge in [0.15, 0.2) is 12.3 Å². The van der Waals surface area contributed by atoms with Crippen molar-refractivity contribution in [2.45, 2.75) is 6.18 Å². The number of amides is 1. The number of halogens is 3. The lowest BCUT2D eigenvalue weighted by atomic mass is 10.1. The summed E-state index contributed by atoms with van der Waals surface area (Å²) in [7, 11) is 0. The highest BCUT2D eigenvalue weighted by atomic mass is 19.4. The van der Waals surface area contributed by atoms with Crippen LogP contribution in [0.1, 0.15) is 10.5 Å². The van der Waals surface area contributed by atoms with Crippen molar-refractivity contribution in [3.8, 4) is 17.0 Å². The Bertz CT molecular complexity index is 624. The molecule has 106 valence electrons. The smallest absolute Gasteiger partial charge is 0.422 e. The Labute approximate surface area is 110 Å². The van der Waals surface area contributed by atoms with Gasteiger partial charge < -0.3 is 10.5 Å². The van der Waals surface area contributed by atoms with Crippen LogP contribution in [0.5, 0.6) is 5.75 Å². The Balaban J connectivity index is 2.25. The van der Waals surface area contributed by atoms with Crippen LogP contribution < -0.4 is 10.5 Å². The summed E-state index contributed by atoms with van der Waals surface area (Å²) in [5, 5.41) is 9.55. The van der Waals surface area contributed by atoms with E-state index in [0.29, 0.717) is 5.56 Å². The molecule has 0 fully saturated rings. The largest absolute Gasteiger partial charge is 0.484 e. The van der Waals surface area contributed by atoms with Gasteiger partial charge in [-0.1, -0.05) is 12.1 Å². The van der Waals surface area contributed by atoms with E-state index in [1.165, 1.54) is 18.2 Å². The van der Waals surface area contributed by atoms with E-state index in [0.717, 1.165) is 0 Å². The number of hydrogen-bond donors (Lipinski definition) is 2. The number of alkyl halides is 3. The van der Waals surface area contributed by atoms with Gasteiger partial charge in [0.1, 0.15) is 11.4 Å². The second-order valence-corrected chi connectivity index (χ2v) is 3.82. The monoisotopic (exact) mass is 286 g/mol. The molecule has 0 saturated heterocycles. The van der Waals surface area contributed by atoms with Crippen LogP contribution in [0.2, 0.25) is 0 Å². The number of carbonyl (C=O) groups excluding carboxylic acids is 1. The van der Waals surface area contributed by atoms with Crippen LogP contribution in [0.25, 0.3) is 11.3 Å². The van der Waals surface area contributed by atoms with Crippen LogP contribution in [-0.4, -0.2) is 34.1 Å². The predicted octanol–water partition coefficient (Wildman–Crippen LogP) is 1.51. The van der Waals surface area contributed by atoms with Gasteiger partial charge in [-0.05, 0) is 12.1 Å². The van der Waals surface area contributed by atoms with E-state index in [2.05, 4.69) is 20.1 Å². The number of aromatic nitrogens is 3. The number of benzene rings is 1. The molecule has 0 bridgehead atoms. The van der Waals surface area contributed by atoms with Crippen LogP contribution in [-0.2, 0) is 0 Å². The fourth-order valence-corrected chi connectivity index (χ4v) is 1.50. The number of primary amides is 1. The lowest BCUT2D eigenvalue weighted by molar-refractivity contribution is -0.153. The van der Waals surface area contributed by atoms with Gasteiger partial charge in [-0.2, -0.15) is 28.6 Å². The second kappa shape index (κ2) is 5.19. The number of hydrogen-bond acceptors (Lipinski definition) is 4. The highest BCUT2D eigenvalue weighted by Gasteiger charge is 2.28. The third kappa shape index (κ3) is 3.25. The number of aromatic amines is 1. The molecular formula is C11H9F3N4O2. The summed E-state index contributed by atoms with van der Waals surface area (Å²) in [4.78, 5) is 11.1. The van der Waals surface area contributed by atoms with Crippen molar-refractivity contribution < 1.29 is 22.7 Å². The van der Waals surface area contributed by atoms with Gasteiger partial charge in [0.05, 0.1) is 0 Å². The summed E-state index contributed by atoms with van der Waals surface area (Å²) >= 11 is 0. The minimum Gasteiger partial charge on any atom is -0.484 e. The van der Waals surface area contributed by atoms with Crippen molar-refractivity contribution in [3.05, 3.63) is 30.0 Å². The van der Waals surface area contributed by atoms with Gasteiger partial charge in [0.2, 0.25) is 0 Å². The minimum absolute atomic E-state index is 0.00162. The van der Waals surface area contributed by atoms with E-state index >= 15 is 0 Å². The highest BCUT2D eigenvalue weighted by Crippen LogP contribution is 2.25. The molecular weight excluding hydrogens is 277 g/mol. The summed E-state index contributed by atoms with van der Waals surface area (Å²) < 4.78 is 40.8. The summed E-state index contributed by atoms with van der Waals surface area (Å²) in [6.45, 7) is -1.40. The maximum atomic E-state index is 12.1. The van der Waals surface area contributed by atoms with Gasteiger partial charge >= 0.3 is 6.18 Å². The van der Waals surface area contributed by atoms with E-state index < -0.39 is 18.7 Å². The Morgan fingerprint density at radius 2 is 2.10 bits per heavy atom. The van der Waals surface area contributed by atoms with Crippen LogP contribution in [0.3, 0.4) is 0 Å². The third-order valence-corrected chi connectivity index (χ3v) is 2.29. The Kier molecular flexibility index (Phi) is 3.59. The Morgan fingerprint density at radius 1 is 1.35 bits per heavy atom. The first kappa shape index (κ1) is 13.8. The number of ether oxygens (including phenoxy) is 1. The maximum absolute atomic E-state index is 12.1. The van der Waals surface area contributed by atoms with E-state index in [1.807, 2.05) is 0 Å². The molecule has 0 aliphatic rings. The first-order valence-electron chi connectivity index (χ1n) is 5.37. The summed E-state index contributed by atoms with van der Waals surface area (Å²) in [5.41, 5.74) is 5.53. The molecule has 0 spiro atoms. The van der Waals surface area contributed by atoms with Gasteiger partial charge in [-0.3, -0.25) is 4.79 Å². The first-order valence-corrected chi connectivity index (χ1v) is 5.37. The average Bonchev–Trinajstić information content (AvgIpc) is 2.85. The topological polar surface area (TPSA) is 93.9 Å². The van der Waals surface area contributed by atoms with Crippen molar-refractivity contribution in [3.63, 3.8) is 0 Å². The molecule has 1 heterocycles. The molecule has 1 aromatic heterocycles. The zero-order valence-electron chi connectivity index (χ0n) is 9.94. The normalized spacial score (nSPS) is 11.3. The molecule has 2 rings (SSSR count). The van der Waals surface area contributed by atoms with Crippen molar-refractivity contribution in [2.75, 3.05) is 6.61 Å². The number of nitrogens with one attached hydrogen (secondary N) is 1. The van der Waals surface area contributed by atoms with Gasteiger partial charge in [-0.15, -0.1) is 0 Å². The molecule has 0 aliphatic carbocycles. The summed E-state index contributed by atoms with van der Waals surface area (Å²) in [5.74, 6) is -0.798. The van der Waals surface area contributed by atoms with Crippen molar-refractivity contribution in [1.82, 2.24) is 15.4 Å². The van der Waals surface area contributed by atoms with Gasteiger partial charge in [-0.25, -0.2) is 0 Å². The molecule has 2 aromatic rings. The van der Waals surface area contributed by atoms with Crippen molar-refractivity contribution in [2.24, 2.45) is 5.73 Å². The summed E-state index contributed by atoms with van der Waals surface area (Å²) in [6, 6.07) is 5.69. The molecule has 0 saturated carbocycles. The molecule has 9 heteroatoms. The molecule has 1 aromatic carbocycles. The van der Waals surface area contributed by atoms with E-state index in [-0.39, 0.29) is 17.1 Å². The van der Waals surface area contributed by atoms with Gasteiger partial charge in [0.25, 0.3) is 5.91 Å². The quantitative estimate of drug-likeness (QED) is 0.890. The number of rotatable bonds is 4. The molecule has 0 aliphatic heterocycles. The molecule has 20 heavy (non-hydrogen) atoms. The molecule has 1 amide bonds. The molecule has 6 nitrogen and oxygen atoms in total. The average molecular weight is 286 g/mol. The lowest BCUT2D eigenvalue weighted by Gasteiger charge is -2.09. The van der Waals surface area contributed by atoms with E-state index in [9.17, 15) is 18.0 Å². The predicted molar refractivity (Wildman–Crippen MR) is 61.9 cm³/mol. The molecule has 3 N–H and O–H groups in total. The maximum Gasteiger partial charge on any atom is 0.422 e. The Morgan fingerprint density at radius 3 is 2.75 bits per heavy atom. The third-order valence-electron chi connectivity index (χ3n) is 2.29. The number of carbonyl (C=O) groups is 1. The minimum atomic E-state index is -4.43. The van der Waals surface area contributed by atoms with Crippen LogP contribution in [0.15, 0.2) is 24.3 Å². The highest BCUT2D eigenvalue weighted by molar-refractivity contribution is 5.96. The Hall–Kier alpha value is -2.58. The van der Waals surface area contributed by atoms with E-state index in [1.54, 1.807) is 6.07 Å². The van der Waals surface area contributed by atoms with Gasteiger partial charge in [0, 0.05) is 5.56 Å². The SMILES string of the molecule is NC(=O)c1n[nH]nc1-c1cccc(OCC(F)(F)F)c1. The summed E-state index contributed by atoms with van der Waals surface area (Å²) in [6.07, 6.45) is -4.43. The fourth-order valence-electron chi connectivity index (χ4n) is 1.50. The van der Waals surface area contributed by atoms with Crippen LogP contribution >= 0.6 is 0 Å².